The van der Waals surface area contributed by atoms with Gasteiger partial charge < -0.3 is 14.5 Å². The molecule has 0 N–H and O–H groups in total. The Morgan fingerprint density at radius 1 is 1.24 bits per heavy atom. The lowest BCUT2D eigenvalue weighted by Gasteiger charge is -2.43. The average Bonchev–Trinajstić information content (AvgIpc) is 3.21. The van der Waals surface area contributed by atoms with Crippen LogP contribution in [0.3, 0.4) is 0 Å². The number of aromatic nitrogens is 2. The summed E-state index contributed by atoms with van der Waals surface area (Å²) in [6.45, 7) is 7.27. The molecule has 0 bridgehead atoms. The van der Waals surface area contributed by atoms with E-state index in [1.54, 1.807) is 16.7 Å². The Morgan fingerprint density at radius 3 is 2.70 bits per heavy atom. The summed E-state index contributed by atoms with van der Waals surface area (Å²) < 4.78 is 5.63. The molecule has 2 aromatic rings. The van der Waals surface area contributed by atoms with Crippen LogP contribution in [-0.4, -0.2) is 58.5 Å². The molecule has 0 unspecified atom stereocenters. The molecule has 196 valence electrons. The predicted octanol–water partition coefficient (Wildman–Crippen LogP) is 5.56. The molecule has 7 nitrogen and oxygen atoms in total. The fourth-order valence-corrected chi connectivity index (χ4v) is 6.81. The van der Waals surface area contributed by atoms with Gasteiger partial charge in [0.1, 0.15) is 11.4 Å². The van der Waals surface area contributed by atoms with Crippen molar-refractivity contribution in [1.82, 2.24) is 14.9 Å². The molecule has 1 fully saturated rings. The normalized spacial score (nSPS) is 23.0. The molecule has 1 aromatic carbocycles. The van der Waals surface area contributed by atoms with Crippen LogP contribution in [0.1, 0.15) is 62.4 Å². The van der Waals surface area contributed by atoms with E-state index in [-0.39, 0.29) is 24.0 Å². The lowest BCUT2D eigenvalue weighted by Crippen LogP contribution is -2.56. The lowest BCUT2D eigenvalue weighted by atomic mass is 9.69. The highest BCUT2D eigenvalue weighted by Crippen LogP contribution is 2.50. The van der Waals surface area contributed by atoms with Crippen LogP contribution in [0.5, 0.6) is 0 Å². The van der Waals surface area contributed by atoms with Crippen LogP contribution < -0.4 is 4.90 Å². The van der Waals surface area contributed by atoms with Crippen LogP contribution in [0.25, 0.3) is 0 Å². The first-order chi connectivity index (χ1) is 17.6. The van der Waals surface area contributed by atoms with E-state index in [0.29, 0.717) is 19.6 Å². The molecule has 37 heavy (non-hydrogen) atoms. The first kappa shape index (κ1) is 26.1. The van der Waals surface area contributed by atoms with Gasteiger partial charge in [0.2, 0.25) is 0 Å². The number of anilines is 1. The van der Waals surface area contributed by atoms with Crippen LogP contribution in [0, 0.1) is 11.3 Å². The number of hydrogen-bond donors (Lipinski definition) is 0. The van der Waals surface area contributed by atoms with E-state index in [0.717, 1.165) is 53.8 Å². The van der Waals surface area contributed by atoms with Crippen LogP contribution in [0.2, 0.25) is 5.02 Å². The monoisotopic (exact) mass is 539 g/mol. The summed E-state index contributed by atoms with van der Waals surface area (Å²) in [5, 5.41) is 11.2. The van der Waals surface area contributed by atoms with Crippen molar-refractivity contribution in [3.05, 3.63) is 45.6 Å². The van der Waals surface area contributed by atoms with Gasteiger partial charge in [-0.15, -0.1) is 0 Å². The number of carbonyl (C=O) groups excluding carboxylic acids is 1. The molecule has 1 amide bonds. The van der Waals surface area contributed by atoms with Crippen molar-refractivity contribution in [2.75, 3.05) is 30.8 Å². The molecule has 1 saturated heterocycles. The van der Waals surface area contributed by atoms with E-state index in [1.807, 2.05) is 33.1 Å². The number of benzene rings is 1. The van der Waals surface area contributed by atoms with Crippen LogP contribution in [-0.2, 0) is 29.4 Å². The van der Waals surface area contributed by atoms with Crippen LogP contribution in [0.15, 0.2) is 23.4 Å². The van der Waals surface area contributed by atoms with E-state index in [2.05, 4.69) is 23.1 Å². The van der Waals surface area contributed by atoms with Crippen LogP contribution >= 0.6 is 23.4 Å². The molecule has 1 spiro atoms. The number of halogens is 1. The minimum Gasteiger partial charge on any atom is -0.444 e. The predicted molar refractivity (Wildman–Crippen MR) is 146 cm³/mol. The molecule has 0 radical (unpaired) electrons. The molecule has 2 atom stereocenters. The van der Waals surface area contributed by atoms with E-state index in [1.165, 1.54) is 16.7 Å². The number of nitriles is 1. The van der Waals surface area contributed by atoms with Gasteiger partial charge in [-0.2, -0.15) is 5.26 Å². The number of carbonyl (C=O) groups is 1. The summed E-state index contributed by atoms with van der Waals surface area (Å²) in [6, 6.07) is 8.33. The van der Waals surface area contributed by atoms with Crippen molar-refractivity contribution in [3.63, 3.8) is 0 Å². The maximum atomic E-state index is 12.9. The molecule has 9 heteroatoms. The van der Waals surface area contributed by atoms with Gasteiger partial charge in [0.05, 0.1) is 24.2 Å². The smallest absolute Gasteiger partial charge is 0.410 e. The summed E-state index contributed by atoms with van der Waals surface area (Å²) in [6.07, 6.45) is 6.84. The number of amides is 1. The molecule has 5 rings (SSSR count). The molecular weight excluding hydrogens is 506 g/mol. The van der Waals surface area contributed by atoms with Gasteiger partial charge in [-0.05, 0) is 76.3 Å². The molecule has 2 aliphatic carbocycles. The Balaban J connectivity index is 1.44. The Labute approximate surface area is 228 Å². The third kappa shape index (κ3) is 5.00. The van der Waals surface area contributed by atoms with Gasteiger partial charge in [0.15, 0.2) is 5.16 Å². The minimum atomic E-state index is -0.580. The van der Waals surface area contributed by atoms with E-state index in [9.17, 15) is 10.1 Å². The van der Waals surface area contributed by atoms with E-state index >= 15 is 0 Å². The maximum absolute atomic E-state index is 12.9. The van der Waals surface area contributed by atoms with Gasteiger partial charge in [0.25, 0.3) is 0 Å². The number of rotatable bonds is 3. The molecule has 0 saturated carbocycles. The van der Waals surface area contributed by atoms with Crippen molar-refractivity contribution in [1.29, 1.82) is 5.26 Å². The number of fused-ring (bicyclic) bond motifs is 3. The molecule has 2 heterocycles. The molecule has 1 aromatic heterocycles. The second kappa shape index (κ2) is 9.99. The zero-order valence-electron chi connectivity index (χ0n) is 22.0. The van der Waals surface area contributed by atoms with Crippen molar-refractivity contribution in [2.24, 2.45) is 0 Å². The number of ether oxygens (including phenoxy) is 1. The van der Waals surface area contributed by atoms with Crippen molar-refractivity contribution < 1.29 is 9.53 Å². The fraction of sp³-hybridized carbons (Fsp3) is 0.571. The van der Waals surface area contributed by atoms with Gasteiger partial charge in [-0.3, -0.25) is 0 Å². The lowest BCUT2D eigenvalue weighted by molar-refractivity contribution is 0.0144. The van der Waals surface area contributed by atoms with Gasteiger partial charge >= 0.3 is 6.09 Å². The molecule has 3 aliphatic rings. The SMILES string of the molecule is CSc1nc2c(c(N3CCN(C(=O)OC(C)(C)C)[C@@H](CC#N)C3)n1)CC[C@@]1(CCc3c(Cl)cccc31)C2. The summed E-state index contributed by atoms with van der Waals surface area (Å²) in [5.41, 5.74) is 4.51. The highest BCUT2D eigenvalue weighted by molar-refractivity contribution is 7.98. The van der Waals surface area contributed by atoms with E-state index in [4.69, 9.17) is 26.3 Å². The van der Waals surface area contributed by atoms with Crippen molar-refractivity contribution in [3.8, 4) is 6.07 Å². The maximum Gasteiger partial charge on any atom is 0.410 e. The Bertz CT molecular complexity index is 1260. The summed E-state index contributed by atoms with van der Waals surface area (Å²) in [4.78, 5) is 26.8. The fourth-order valence-electron chi connectivity index (χ4n) is 6.16. The van der Waals surface area contributed by atoms with E-state index < -0.39 is 5.60 Å². The topological polar surface area (TPSA) is 82.4 Å². The second-order valence-electron chi connectivity index (χ2n) is 11.3. The highest BCUT2D eigenvalue weighted by Gasteiger charge is 2.44. The molecular formula is C28H34ClN5O2S. The first-order valence-electron chi connectivity index (χ1n) is 13.0. The second-order valence-corrected chi connectivity index (χ2v) is 12.5. The Kier molecular flexibility index (Phi) is 7.06. The quantitative estimate of drug-likeness (QED) is 0.373. The summed E-state index contributed by atoms with van der Waals surface area (Å²) >= 11 is 8.11. The minimum absolute atomic E-state index is 0.0767. The number of nitrogens with zero attached hydrogens (tertiary/aromatic N) is 5. The Morgan fingerprint density at radius 2 is 2.00 bits per heavy atom. The first-order valence-corrected chi connectivity index (χ1v) is 14.6. The van der Waals surface area contributed by atoms with Gasteiger partial charge in [-0.25, -0.2) is 14.8 Å². The number of thioether (sulfide) groups is 1. The average molecular weight is 540 g/mol. The van der Waals surface area contributed by atoms with Gasteiger partial charge in [-0.1, -0.05) is 35.5 Å². The Hall–Kier alpha value is -2.50. The third-order valence-corrected chi connectivity index (χ3v) is 8.78. The standard InChI is InChI=1S/C28H34ClN5O2S/c1-27(2,3)36-26(35)34-15-14-33(17-18(34)10-13-30)24-20-9-12-28(16-23(20)31-25(32-24)37-4)11-8-19-21(28)6-5-7-22(19)29/h5-7,18H,8-12,14-17H2,1-4H3/t18-,28-/m0/s1. The van der Waals surface area contributed by atoms with Crippen LogP contribution in [0.4, 0.5) is 10.6 Å². The molecule has 1 aliphatic heterocycles. The summed E-state index contributed by atoms with van der Waals surface area (Å²) in [7, 11) is 0. The van der Waals surface area contributed by atoms with Crippen molar-refractivity contribution in [2.45, 2.75) is 81.5 Å². The summed E-state index contributed by atoms with van der Waals surface area (Å²) in [5.74, 6) is 0.959. The van der Waals surface area contributed by atoms with Gasteiger partial charge in [0, 0.05) is 35.6 Å². The zero-order valence-corrected chi connectivity index (χ0v) is 23.6. The van der Waals surface area contributed by atoms with Crippen molar-refractivity contribution >= 4 is 35.3 Å². The zero-order chi connectivity index (χ0) is 26.4. The largest absolute Gasteiger partial charge is 0.444 e. The third-order valence-electron chi connectivity index (χ3n) is 7.87. The number of hydrogen-bond acceptors (Lipinski definition) is 7. The number of piperazine rings is 1. The highest BCUT2D eigenvalue weighted by atomic mass is 35.5.